The fourth-order valence-corrected chi connectivity index (χ4v) is 3.79. The van der Waals surface area contributed by atoms with Crippen molar-refractivity contribution < 1.29 is 9.18 Å². The average molecular weight is 339 g/mol. The van der Waals surface area contributed by atoms with Crippen molar-refractivity contribution in [1.29, 1.82) is 0 Å². The normalized spacial score (nSPS) is 12.6. The van der Waals surface area contributed by atoms with E-state index in [-0.39, 0.29) is 11.7 Å². The number of amides is 1. The van der Waals surface area contributed by atoms with E-state index in [1.807, 2.05) is 35.0 Å². The SMILES string of the molecule is O=C(CCn1ccnc1)N1c2ccccc2Sc2ccc(F)cc21. The molecular formula is C18H14FN3OS. The van der Waals surface area contributed by atoms with Crippen LogP contribution < -0.4 is 4.90 Å². The van der Waals surface area contributed by atoms with Crippen LogP contribution in [0.5, 0.6) is 0 Å². The van der Waals surface area contributed by atoms with E-state index in [2.05, 4.69) is 4.98 Å². The van der Waals surface area contributed by atoms with E-state index >= 15 is 0 Å². The predicted octanol–water partition coefficient (Wildman–Crippen LogP) is 4.24. The Morgan fingerprint density at radius 2 is 1.96 bits per heavy atom. The number of aryl methyl sites for hydroxylation is 1. The second kappa shape index (κ2) is 6.13. The molecule has 24 heavy (non-hydrogen) atoms. The Labute approximate surface area is 142 Å². The van der Waals surface area contributed by atoms with Gasteiger partial charge in [0.25, 0.3) is 0 Å². The molecule has 0 saturated carbocycles. The zero-order valence-corrected chi connectivity index (χ0v) is 13.5. The van der Waals surface area contributed by atoms with Gasteiger partial charge in [-0.05, 0) is 30.3 Å². The summed E-state index contributed by atoms with van der Waals surface area (Å²) in [4.78, 5) is 20.4. The number of benzene rings is 2. The smallest absolute Gasteiger partial charge is 0.233 e. The molecule has 1 aliphatic heterocycles. The van der Waals surface area contributed by atoms with E-state index in [0.717, 1.165) is 15.5 Å². The third-order valence-electron chi connectivity index (χ3n) is 3.88. The lowest BCUT2D eigenvalue weighted by molar-refractivity contribution is -0.118. The second-order valence-electron chi connectivity index (χ2n) is 5.46. The number of nitrogens with zero attached hydrogens (tertiary/aromatic N) is 3. The predicted molar refractivity (Wildman–Crippen MR) is 91.0 cm³/mol. The number of imidazole rings is 1. The molecule has 2 aromatic carbocycles. The molecule has 0 atom stereocenters. The molecule has 1 amide bonds. The van der Waals surface area contributed by atoms with E-state index in [4.69, 9.17) is 0 Å². The molecular weight excluding hydrogens is 325 g/mol. The van der Waals surface area contributed by atoms with Crippen LogP contribution in [0.4, 0.5) is 15.8 Å². The van der Waals surface area contributed by atoms with E-state index in [0.29, 0.717) is 18.7 Å². The number of hydrogen-bond donors (Lipinski definition) is 0. The number of para-hydroxylation sites is 1. The molecule has 4 nitrogen and oxygen atoms in total. The molecule has 0 N–H and O–H groups in total. The maximum atomic E-state index is 13.8. The Kier molecular flexibility index (Phi) is 3.82. The van der Waals surface area contributed by atoms with Crippen LogP contribution in [0, 0.1) is 5.82 Å². The van der Waals surface area contributed by atoms with E-state index in [1.165, 1.54) is 12.1 Å². The highest BCUT2D eigenvalue weighted by Crippen LogP contribution is 2.48. The molecule has 0 radical (unpaired) electrons. The number of rotatable bonds is 3. The molecule has 4 rings (SSSR count). The number of halogens is 1. The summed E-state index contributed by atoms with van der Waals surface area (Å²) in [6.07, 6.45) is 5.50. The van der Waals surface area contributed by atoms with Gasteiger partial charge in [-0.1, -0.05) is 23.9 Å². The number of aromatic nitrogens is 2. The van der Waals surface area contributed by atoms with E-state index in [9.17, 15) is 9.18 Å². The van der Waals surface area contributed by atoms with Gasteiger partial charge >= 0.3 is 0 Å². The van der Waals surface area contributed by atoms with Crippen LogP contribution in [0.1, 0.15) is 6.42 Å². The number of fused-ring (bicyclic) bond motifs is 2. The Morgan fingerprint density at radius 3 is 2.79 bits per heavy atom. The van der Waals surface area contributed by atoms with Crippen molar-refractivity contribution in [3.8, 4) is 0 Å². The van der Waals surface area contributed by atoms with Crippen molar-refractivity contribution in [1.82, 2.24) is 9.55 Å². The van der Waals surface area contributed by atoms with E-state index in [1.54, 1.807) is 35.3 Å². The van der Waals surface area contributed by atoms with Crippen LogP contribution in [-0.4, -0.2) is 15.5 Å². The van der Waals surface area contributed by atoms with Crippen LogP contribution in [0.15, 0.2) is 71.0 Å². The molecule has 0 spiro atoms. The van der Waals surface area contributed by atoms with Gasteiger partial charge in [0.1, 0.15) is 5.82 Å². The summed E-state index contributed by atoms with van der Waals surface area (Å²) in [5.74, 6) is -0.413. The lowest BCUT2D eigenvalue weighted by Crippen LogP contribution is -2.29. The summed E-state index contributed by atoms with van der Waals surface area (Å²) in [5, 5.41) is 0. The Morgan fingerprint density at radius 1 is 1.12 bits per heavy atom. The Hall–Kier alpha value is -2.60. The lowest BCUT2D eigenvalue weighted by atomic mass is 10.2. The van der Waals surface area contributed by atoms with Gasteiger partial charge in [-0.3, -0.25) is 9.69 Å². The fraction of sp³-hybridized carbons (Fsp3) is 0.111. The van der Waals surface area contributed by atoms with Crippen molar-refractivity contribution >= 4 is 29.0 Å². The Bertz CT molecular complexity index is 895. The maximum Gasteiger partial charge on any atom is 0.233 e. The molecule has 1 aromatic heterocycles. The van der Waals surface area contributed by atoms with Crippen molar-refractivity contribution in [2.24, 2.45) is 0 Å². The first-order valence-electron chi connectivity index (χ1n) is 7.57. The highest BCUT2D eigenvalue weighted by Gasteiger charge is 2.28. The maximum absolute atomic E-state index is 13.8. The number of hydrogen-bond acceptors (Lipinski definition) is 3. The quantitative estimate of drug-likeness (QED) is 0.716. The number of anilines is 2. The van der Waals surface area contributed by atoms with Gasteiger partial charge in [0.05, 0.1) is 17.7 Å². The summed E-state index contributed by atoms with van der Waals surface area (Å²) in [6.45, 7) is 0.537. The first-order valence-corrected chi connectivity index (χ1v) is 8.39. The van der Waals surface area contributed by atoms with Crippen molar-refractivity contribution in [2.75, 3.05) is 4.90 Å². The number of carbonyl (C=O) groups is 1. The van der Waals surface area contributed by atoms with E-state index < -0.39 is 0 Å². The molecule has 2 heterocycles. The minimum atomic E-state index is -0.346. The second-order valence-corrected chi connectivity index (χ2v) is 6.55. The minimum absolute atomic E-state index is 0.0664. The van der Waals surface area contributed by atoms with Gasteiger partial charge in [0.2, 0.25) is 5.91 Å². The monoisotopic (exact) mass is 339 g/mol. The van der Waals surface area contributed by atoms with Gasteiger partial charge in [0, 0.05) is 35.2 Å². The van der Waals surface area contributed by atoms with Crippen LogP contribution in [-0.2, 0) is 11.3 Å². The molecule has 0 unspecified atom stereocenters. The van der Waals surface area contributed by atoms with Gasteiger partial charge < -0.3 is 4.57 Å². The molecule has 0 fully saturated rings. The summed E-state index contributed by atoms with van der Waals surface area (Å²) in [6, 6.07) is 12.3. The summed E-state index contributed by atoms with van der Waals surface area (Å²) in [7, 11) is 0. The average Bonchev–Trinajstić information content (AvgIpc) is 3.11. The zero-order chi connectivity index (χ0) is 16.5. The van der Waals surface area contributed by atoms with Crippen LogP contribution in [0.25, 0.3) is 0 Å². The summed E-state index contributed by atoms with van der Waals surface area (Å²) < 4.78 is 15.6. The fourth-order valence-electron chi connectivity index (χ4n) is 2.75. The van der Waals surface area contributed by atoms with Crippen LogP contribution >= 0.6 is 11.8 Å². The first kappa shape index (κ1) is 15.0. The number of carbonyl (C=O) groups excluding carboxylic acids is 1. The van der Waals surface area contributed by atoms with Gasteiger partial charge in [0.15, 0.2) is 0 Å². The standard InChI is InChI=1S/C18H14FN3OS/c19-13-5-6-17-15(11-13)22(14-3-1-2-4-16(14)24-17)18(23)7-9-21-10-8-20-12-21/h1-6,8,10-12H,7,9H2. The molecule has 3 aromatic rings. The molecule has 120 valence electrons. The zero-order valence-electron chi connectivity index (χ0n) is 12.7. The highest BCUT2D eigenvalue weighted by atomic mass is 32.2. The highest BCUT2D eigenvalue weighted by molar-refractivity contribution is 7.99. The first-order chi connectivity index (χ1) is 11.7. The van der Waals surface area contributed by atoms with Gasteiger partial charge in [-0.15, -0.1) is 0 Å². The van der Waals surface area contributed by atoms with Crippen molar-refractivity contribution in [3.63, 3.8) is 0 Å². The molecule has 0 saturated heterocycles. The third-order valence-corrected chi connectivity index (χ3v) is 5.01. The molecule has 6 heteroatoms. The molecule has 1 aliphatic rings. The summed E-state index contributed by atoms with van der Waals surface area (Å²) in [5.41, 5.74) is 1.41. The summed E-state index contributed by atoms with van der Waals surface area (Å²) >= 11 is 1.55. The van der Waals surface area contributed by atoms with Crippen molar-refractivity contribution in [2.45, 2.75) is 22.8 Å². The lowest BCUT2D eigenvalue weighted by Gasteiger charge is -2.31. The minimum Gasteiger partial charge on any atom is -0.337 e. The van der Waals surface area contributed by atoms with Crippen LogP contribution in [0.2, 0.25) is 0 Å². The third kappa shape index (κ3) is 2.69. The molecule has 0 aliphatic carbocycles. The largest absolute Gasteiger partial charge is 0.337 e. The Balaban J connectivity index is 1.70. The van der Waals surface area contributed by atoms with Gasteiger partial charge in [-0.2, -0.15) is 0 Å². The van der Waals surface area contributed by atoms with Gasteiger partial charge in [-0.25, -0.2) is 9.37 Å². The van der Waals surface area contributed by atoms with Crippen molar-refractivity contribution in [3.05, 3.63) is 67.0 Å². The molecule has 0 bridgehead atoms. The topological polar surface area (TPSA) is 38.1 Å². The van der Waals surface area contributed by atoms with Crippen LogP contribution in [0.3, 0.4) is 0 Å².